The Morgan fingerprint density at radius 2 is 2.20 bits per heavy atom. The first kappa shape index (κ1) is 12.0. The molecule has 0 bridgehead atoms. The molecule has 0 aliphatic heterocycles. The van der Waals surface area contributed by atoms with Gasteiger partial charge in [0.15, 0.2) is 0 Å². The SMILES string of the molecule is CCN(CC)C(=O)NCCc1ccsc1. The summed E-state index contributed by atoms with van der Waals surface area (Å²) in [5, 5.41) is 7.09. The first-order valence-corrected chi connectivity index (χ1v) is 6.26. The van der Waals surface area contributed by atoms with Crippen LogP contribution >= 0.6 is 11.3 Å². The molecule has 0 aliphatic rings. The van der Waals surface area contributed by atoms with E-state index in [-0.39, 0.29) is 6.03 Å². The molecule has 2 amide bonds. The predicted molar refractivity (Wildman–Crippen MR) is 64.3 cm³/mol. The molecule has 1 aromatic heterocycles. The van der Waals surface area contributed by atoms with Crippen molar-refractivity contribution in [3.8, 4) is 0 Å². The first-order valence-electron chi connectivity index (χ1n) is 5.31. The zero-order valence-electron chi connectivity index (χ0n) is 9.32. The quantitative estimate of drug-likeness (QED) is 0.821. The molecule has 4 heteroatoms. The Kier molecular flexibility index (Phi) is 5.18. The summed E-state index contributed by atoms with van der Waals surface area (Å²) in [7, 11) is 0. The van der Waals surface area contributed by atoms with Gasteiger partial charge in [0.25, 0.3) is 0 Å². The predicted octanol–water partition coefficient (Wildman–Crippen LogP) is 2.34. The Labute approximate surface area is 95.1 Å². The second kappa shape index (κ2) is 6.45. The Bertz CT molecular complexity index is 281. The molecule has 0 fully saturated rings. The lowest BCUT2D eigenvalue weighted by Gasteiger charge is -2.18. The van der Waals surface area contributed by atoms with Crippen LogP contribution in [0.25, 0.3) is 0 Å². The number of nitrogens with one attached hydrogen (secondary N) is 1. The van der Waals surface area contributed by atoms with E-state index in [4.69, 9.17) is 0 Å². The highest BCUT2D eigenvalue weighted by molar-refractivity contribution is 7.07. The summed E-state index contributed by atoms with van der Waals surface area (Å²) in [6.07, 6.45) is 0.913. The van der Waals surface area contributed by atoms with Crippen LogP contribution in [-0.2, 0) is 6.42 Å². The van der Waals surface area contributed by atoms with Crippen molar-refractivity contribution in [2.45, 2.75) is 20.3 Å². The average molecular weight is 226 g/mol. The summed E-state index contributed by atoms with van der Waals surface area (Å²) in [6.45, 7) is 6.22. The molecule has 0 radical (unpaired) electrons. The number of nitrogens with zero attached hydrogens (tertiary/aromatic N) is 1. The van der Waals surface area contributed by atoms with Crippen molar-refractivity contribution in [3.63, 3.8) is 0 Å². The number of urea groups is 1. The van der Waals surface area contributed by atoms with Crippen molar-refractivity contribution in [2.75, 3.05) is 19.6 Å². The minimum atomic E-state index is 0.0372. The minimum Gasteiger partial charge on any atom is -0.338 e. The Morgan fingerprint density at radius 1 is 1.47 bits per heavy atom. The summed E-state index contributed by atoms with van der Waals surface area (Å²) < 4.78 is 0. The molecule has 0 unspecified atom stereocenters. The molecule has 0 aromatic carbocycles. The average Bonchev–Trinajstić information content (AvgIpc) is 2.72. The van der Waals surface area contributed by atoms with Crippen LogP contribution in [0.5, 0.6) is 0 Å². The summed E-state index contributed by atoms with van der Waals surface area (Å²) in [5.41, 5.74) is 1.29. The van der Waals surface area contributed by atoms with Crippen molar-refractivity contribution < 1.29 is 4.79 Å². The maximum absolute atomic E-state index is 11.6. The van der Waals surface area contributed by atoms with Crippen LogP contribution < -0.4 is 5.32 Å². The van der Waals surface area contributed by atoms with Crippen LogP contribution in [0, 0.1) is 0 Å². The number of hydrogen-bond donors (Lipinski definition) is 1. The maximum atomic E-state index is 11.6. The van der Waals surface area contributed by atoms with Gasteiger partial charge in [-0.3, -0.25) is 0 Å². The molecule has 1 N–H and O–H groups in total. The normalized spacial score (nSPS) is 10.0. The number of carbonyl (C=O) groups excluding carboxylic acids is 1. The van der Waals surface area contributed by atoms with Gasteiger partial charge in [-0.25, -0.2) is 4.79 Å². The molecule has 0 saturated carbocycles. The van der Waals surface area contributed by atoms with E-state index < -0.39 is 0 Å². The third-order valence-electron chi connectivity index (χ3n) is 2.32. The van der Waals surface area contributed by atoms with Gasteiger partial charge in [0, 0.05) is 19.6 Å². The molecule has 84 valence electrons. The standard InChI is InChI=1S/C11H18N2OS/c1-3-13(4-2)11(14)12-7-5-10-6-8-15-9-10/h6,8-9H,3-5,7H2,1-2H3,(H,12,14). The van der Waals surface area contributed by atoms with Gasteiger partial charge in [0.1, 0.15) is 0 Å². The fourth-order valence-electron chi connectivity index (χ4n) is 1.37. The molecule has 0 saturated heterocycles. The summed E-state index contributed by atoms with van der Waals surface area (Å²) in [6, 6.07) is 2.13. The lowest BCUT2D eigenvalue weighted by molar-refractivity contribution is 0.203. The molecule has 1 heterocycles. The lowest BCUT2D eigenvalue weighted by atomic mass is 10.2. The molecule has 1 rings (SSSR count). The number of hydrogen-bond acceptors (Lipinski definition) is 2. The monoisotopic (exact) mass is 226 g/mol. The molecule has 1 aromatic rings. The van der Waals surface area contributed by atoms with Gasteiger partial charge in [-0.2, -0.15) is 11.3 Å². The molecule has 3 nitrogen and oxygen atoms in total. The van der Waals surface area contributed by atoms with Crippen LogP contribution in [0.15, 0.2) is 16.8 Å². The topological polar surface area (TPSA) is 32.3 Å². The minimum absolute atomic E-state index is 0.0372. The van der Waals surface area contributed by atoms with E-state index in [9.17, 15) is 4.79 Å². The Balaban J connectivity index is 2.22. The van der Waals surface area contributed by atoms with Gasteiger partial charge >= 0.3 is 6.03 Å². The second-order valence-corrected chi connectivity index (χ2v) is 4.07. The number of carbonyl (C=O) groups is 1. The third kappa shape index (κ3) is 3.91. The molecular weight excluding hydrogens is 208 g/mol. The van der Waals surface area contributed by atoms with Crippen LogP contribution in [0.3, 0.4) is 0 Å². The van der Waals surface area contributed by atoms with Gasteiger partial charge < -0.3 is 10.2 Å². The molecule has 0 spiro atoms. The van der Waals surface area contributed by atoms with Gasteiger partial charge in [0.05, 0.1) is 0 Å². The summed E-state index contributed by atoms with van der Waals surface area (Å²) in [4.78, 5) is 13.3. The van der Waals surface area contributed by atoms with E-state index in [0.717, 1.165) is 19.5 Å². The summed E-state index contributed by atoms with van der Waals surface area (Å²) >= 11 is 1.69. The number of rotatable bonds is 5. The highest BCUT2D eigenvalue weighted by Crippen LogP contribution is 2.05. The summed E-state index contributed by atoms with van der Waals surface area (Å²) in [5.74, 6) is 0. The van der Waals surface area contributed by atoms with Gasteiger partial charge in [0.2, 0.25) is 0 Å². The van der Waals surface area contributed by atoms with Gasteiger partial charge in [-0.15, -0.1) is 0 Å². The molecular formula is C11H18N2OS. The van der Waals surface area contributed by atoms with E-state index in [1.807, 2.05) is 13.8 Å². The Hall–Kier alpha value is -1.03. The molecule has 0 atom stereocenters. The van der Waals surface area contributed by atoms with E-state index in [1.54, 1.807) is 16.2 Å². The van der Waals surface area contributed by atoms with E-state index in [1.165, 1.54) is 5.56 Å². The van der Waals surface area contributed by atoms with E-state index >= 15 is 0 Å². The van der Waals surface area contributed by atoms with Crippen LogP contribution in [0.4, 0.5) is 4.79 Å². The zero-order chi connectivity index (χ0) is 11.1. The number of amides is 2. The second-order valence-electron chi connectivity index (χ2n) is 3.29. The largest absolute Gasteiger partial charge is 0.338 e. The fraction of sp³-hybridized carbons (Fsp3) is 0.545. The maximum Gasteiger partial charge on any atom is 0.317 e. The lowest BCUT2D eigenvalue weighted by Crippen LogP contribution is -2.40. The van der Waals surface area contributed by atoms with Crippen molar-refractivity contribution in [1.29, 1.82) is 0 Å². The van der Waals surface area contributed by atoms with Crippen LogP contribution in [-0.4, -0.2) is 30.6 Å². The van der Waals surface area contributed by atoms with Crippen LogP contribution in [0.1, 0.15) is 19.4 Å². The Morgan fingerprint density at radius 3 is 2.73 bits per heavy atom. The van der Waals surface area contributed by atoms with Crippen molar-refractivity contribution >= 4 is 17.4 Å². The number of thiophene rings is 1. The van der Waals surface area contributed by atoms with Crippen molar-refractivity contribution in [2.24, 2.45) is 0 Å². The molecule has 0 aliphatic carbocycles. The third-order valence-corrected chi connectivity index (χ3v) is 3.05. The highest BCUT2D eigenvalue weighted by atomic mass is 32.1. The van der Waals surface area contributed by atoms with Gasteiger partial charge in [-0.05, 0) is 42.7 Å². The fourth-order valence-corrected chi connectivity index (χ4v) is 2.07. The zero-order valence-corrected chi connectivity index (χ0v) is 10.1. The van der Waals surface area contributed by atoms with Crippen molar-refractivity contribution in [1.82, 2.24) is 10.2 Å². The highest BCUT2D eigenvalue weighted by Gasteiger charge is 2.07. The van der Waals surface area contributed by atoms with E-state index in [0.29, 0.717) is 6.54 Å². The first-order chi connectivity index (χ1) is 7.27. The molecule has 15 heavy (non-hydrogen) atoms. The van der Waals surface area contributed by atoms with Crippen LogP contribution in [0.2, 0.25) is 0 Å². The van der Waals surface area contributed by atoms with E-state index in [2.05, 4.69) is 22.1 Å². The van der Waals surface area contributed by atoms with Gasteiger partial charge in [-0.1, -0.05) is 0 Å². The van der Waals surface area contributed by atoms with Crippen molar-refractivity contribution in [3.05, 3.63) is 22.4 Å². The smallest absolute Gasteiger partial charge is 0.317 e.